The Morgan fingerprint density at radius 1 is 1.50 bits per heavy atom. The summed E-state index contributed by atoms with van der Waals surface area (Å²) in [6.45, 7) is 4.78. The van der Waals surface area contributed by atoms with E-state index in [2.05, 4.69) is 0 Å². The first-order chi connectivity index (χ1) is 7.43. The highest BCUT2D eigenvalue weighted by atomic mass is 32.1. The van der Waals surface area contributed by atoms with E-state index in [9.17, 15) is 4.79 Å². The average Bonchev–Trinajstić information content (AvgIpc) is 2.20. The van der Waals surface area contributed by atoms with Crippen molar-refractivity contribution < 1.29 is 0 Å². The topological polar surface area (TPSA) is 48.0 Å². The van der Waals surface area contributed by atoms with Crippen LogP contribution in [0, 0.1) is 5.41 Å². The van der Waals surface area contributed by atoms with E-state index < -0.39 is 0 Å². The van der Waals surface area contributed by atoms with Gasteiger partial charge in [0, 0.05) is 24.2 Å². The van der Waals surface area contributed by atoms with E-state index >= 15 is 0 Å². The summed E-state index contributed by atoms with van der Waals surface area (Å²) in [6, 6.07) is 5.18. The van der Waals surface area contributed by atoms with Crippen LogP contribution in [-0.4, -0.2) is 9.56 Å². The molecule has 0 aliphatic rings. The third-order valence-corrected chi connectivity index (χ3v) is 3.32. The Morgan fingerprint density at radius 3 is 2.75 bits per heavy atom. The second kappa shape index (κ2) is 5.25. The monoisotopic (exact) mass is 238 g/mol. The molecule has 0 bridgehead atoms. The molecule has 3 nitrogen and oxygen atoms in total. The molecular weight excluding hydrogens is 220 g/mol. The number of aryl methyl sites for hydroxylation is 1. The summed E-state index contributed by atoms with van der Waals surface area (Å²) in [7, 11) is 0. The fourth-order valence-corrected chi connectivity index (χ4v) is 1.56. The lowest BCUT2D eigenvalue weighted by atomic mass is 9.88. The van der Waals surface area contributed by atoms with Gasteiger partial charge >= 0.3 is 0 Å². The summed E-state index contributed by atoms with van der Waals surface area (Å²) >= 11 is 5.00. The molecule has 0 amide bonds. The Kier molecular flexibility index (Phi) is 4.24. The molecule has 0 atom stereocenters. The smallest absolute Gasteiger partial charge is 0.250 e. The number of nitrogens with two attached hydrogens (primary N) is 1. The standard InChI is InChI=1S/C12H18N2OS/c1-12(2,11(13)16)7-5-9-14-8-4-3-6-10(14)15/h3-4,6,8H,5,7,9H2,1-2H3,(H2,13,16). The Balaban J connectivity index is 2.51. The molecule has 16 heavy (non-hydrogen) atoms. The van der Waals surface area contributed by atoms with Gasteiger partial charge in [0.2, 0.25) is 5.56 Å². The summed E-state index contributed by atoms with van der Waals surface area (Å²) < 4.78 is 1.70. The molecule has 1 rings (SSSR count). The Labute approximate surface area is 101 Å². The Bertz CT molecular complexity index is 423. The van der Waals surface area contributed by atoms with Crippen molar-refractivity contribution in [2.75, 3.05) is 0 Å². The van der Waals surface area contributed by atoms with Gasteiger partial charge in [0.1, 0.15) is 0 Å². The maximum Gasteiger partial charge on any atom is 0.250 e. The van der Waals surface area contributed by atoms with Crippen LogP contribution in [0.15, 0.2) is 29.2 Å². The Hall–Kier alpha value is -1.16. The van der Waals surface area contributed by atoms with E-state index in [0.29, 0.717) is 11.5 Å². The van der Waals surface area contributed by atoms with Crippen LogP contribution in [0.4, 0.5) is 0 Å². The van der Waals surface area contributed by atoms with Gasteiger partial charge in [-0.2, -0.15) is 0 Å². The molecule has 0 saturated carbocycles. The van der Waals surface area contributed by atoms with Crippen LogP contribution in [0.1, 0.15) is 26.7 Å². The zero-order valence-electron chi connectivity index (χ0n) is 9.77. The minimum atomic E-state index is -0.131. The summed E-state index contributed by atoms with van der Waals surface area (Å²) in [5.41, 5.74) is 5.55. The second-order valence-electron chi connectivity index (χ2n) is 4.58. The first-order valence-electron chi connectivity index (χ1n) is 5.39. The van der Waals surface area contributed by atoms with Crippen molar-refractivity contribution >= 4 is 17.2 Å². The molecular formula is C12H18N2OS. The lowest BCUT2D eigenvalue weighted by Gasteiger charge is -2.22. The number of aromatic nitrogens is 1. The van der Waals surface area contributed by atoms with Crippen molar-refractivity contribution in [3.05, 3.63) is 34.7 Å². The van der Waals surface area contributed by atoms with Crippen molar-refractivity contribution in [1.82, 2.24) is 4.57 Å². The van der Waals surface area contributed by atoms with Crippen LogP contribution in [-0.2, 0) is 6.54 Å². The molecule has 0 aromatic carbocycles. The third-order valence-electron chi connectivity index (χ3n) is 2.77. The highest BCUT2D eigenvalue weighted by Crippen LogP contribution is 2.22. The summed E-state index contributed by atoms with van der Waals surface area (Å²) in [4.78, 5) is 12.0. The normalized spacial score (nSPS) is 11.4. The van der Waals surface area contributed by atoms with Gasteiger partial charge < -0.3 is 10.3 Å². The zero-order valence-corrected chi connectivity index (χ0v) is 10.6. The minimum Gasteiger partial charge on any atom is -0.393 e. The number of pyridine rings is 1. The number of hydrogen-bond donors (Lipinski definition) is 1. The summed E-state index contributed by atoms with van der Waals surface area (Å²) in [6.07, 6.45) is 3.59. The van der Waals surface area contributed by atoms with Gasteiger partial charge in [0.05, 0.1) is 4.99 Å². The van der Waals surface area contributed by atoms with E-state index in [1.807, 2.05) is 19.9 Å². The van der Waals surface area contributed by atoms with Gasteiger partial charge in [0.25, 0.3) is 0 Å². The summed E-state index contributed by atoms with van der Waals surface area (Å²) in [5, 5.41) is 0. The van der Waals surface area contributed by atoms with Crippen molar-refractivity contribution in [3.63, 3.8) is 0 Å². The molecule has 0 fully saturated rings. The predicted octanol–water partition coefficient (Wildman–Crippen LogP) is 1.94. The average molecular weight is 238 g/mol. The largest absolute Gasteiger partial charge is 0.393 e. The molecule has 2 N–H and O–H groups in total. The SMILES string of the molecule is CC(C)(CCCn1ccccc1=O)C(N)=S. The van der Waals surface area contributed by atoms with E-state index in [-0.39, 0.29) is 11.0 Å². The van der Waals surface area contributed by atoms with Crippen molar-refractivity contribution in [1.29, 1.82) is 0 Å². The lowest BCUT2D eigenvalue weighted by Crippen LogP contribution is -2.30. The maximum absolute atomic E-state index is 11.4. The molecule has 0 spiro atoms. The van der Waals surface area contributed by atoms with Crippen LogP contribution in [0.2, 0.25) is 0 Å². The first kappa shape index (κ1) is 12.9. The molecule has 1 aromatic rings. The fraction of sp³-hybridized carbons (Fsp3) is 0.500. The van der Waals surface area contributed by atoms with Gasteiger partial charge in [-0.25, -0.2) is 0 Å². The Morgan fingerprint density at radius 2 is 2.19 bits per heavy atom. The molecule has 88 valence electrons. The second-order valence-corrected chi connectivity index (χ2v) is 5.02. The molecule has 0 radical (unpaired) electrons. The van der Waals surface area contributed by atoms with Gasteiger partial charge in [-0.3, -0.25) is 4.79 Å². The van der Waals surface area contributed by atoms with Crippen LogP contribution in [0.3, 0.4) is 0 Å². The quantitative estimate of drug-likeness (QED) is 0.798. The zero-order chi connectivity index (χ0) is 12.2. The lowest BCUT2D eigenvalue weighted by molar-refractivity contribution is 0.433. The molecule has 1 aromatic heterocycles. The predicted molar refractivity (Wildman–Crippen MR) is 70.5 cm³/mol. The molecule has 0 aliphatic carbocycles. The van der Waals surface area contributed by atoms with Gasteiger partial charge in [-0.1, -0.05) is 32.1 Å². The van der Waals surface area contributed by atoms with Crippen LogP contribution in [0.5, 0.6) is 0 Å². The highest BCUT2D eigenvalue weighted by Gasteiger charge is 2.20. The van der Waals surface area contributed by atoms with E-state index in [1.165, 1.54) is 0 Å². The number of nitrogens with zero attached hydrogens (tertiary/aromatic N) is 1. The number of rotatable bonds is 5. The van der Waals surface area contributed by atoms with E-state index in [0.717, 1.165) is 12.8 Å². The number of hydrogen-bond acceptors (Lipinski definition) is 2. The third kappa shape index (κ3) is 3.45. The highest BCUT2D eigenvalue weighted by molar-refractivity contribution is 7.80. The maximum atomic E-state index is 11.4. The molecule has 4 heteroatoms. The molecule has 1 heterocycles. The molecule has 0 aliphatic heterocycles. The van der Waals surface area contributed by atoms with Gasteiger partial charge in [-0.15, -0.1) is 0 Å². The van der Waals surface area contributed by atoms with E-state index in [1.54, 1.807) is 22.9 Å². The molecule has 0 saturated heterocycles. The van der Waals surface area contributed by atoms with Crippen molar-refractivity contribution in [2.45, 2.75) is 33.2 Å². The first-order valence-corrected chi connectivity index (χ1v) is 5.80. The van der Waals surface area contributed by atoms with E-state index in [4.69, 9.17) is 18.0 Å². The van der Waals surface area contributed by atoms with Crippen LogP contribution in [0.25, 0.3) is 0 Å². The molecule has 0 unspecified atom stereocenters. The summed E-state index contributed by atoms with van der Waals surface area (Å²) in [5.74, 6) is 0. The van der Waals surface area contributed by atoms with Crippen molar-refractivity contribution in [3.8, 4) is 0 Å². The fourth-order valence-electron chi connectivity index (χ4n) is 1.46. The number of thiocarbonyl (C=S) groups is 1. The van der Waals surface area contributed by atoms with Gasteiger partial charge in [-0.05, 0) is 18.9 Å². The van der Waals surface area contributed by atoms with Crippen LogP contribution < -0.4 is 11.3 Å². The minimum absolute atomic E-state index is 0.0376. The van der Waals surface area contributed by atoms with Crippen molar-refractivity contribution in [2.24, 2.45) is 11.1 Å². The van der Waals surface area contributed by atoms with Crippen LogP contribution >= 0.6 is 12.2 Å². The van der Waals surface area contributed by atoms with Gasteiger partial charge in [0.15, 0.2) is 0 Å².